The van der Waals surface area contributed by atoms with Gasteiger partial charge in [-0.15, -0.1) is 0 Å². The Hall–Kier alpha value is -2.80. The van der Waals surface area contributed by atoms with Crippen LogP contribution >= 0.6 is 0 Å². The first-order valence-corrected chi connectivity index (χ1v) is 8.39. The number of phenolic OH excluding ortho intramolecular Hbond substituents is 1. The van der Waals surface area contributed by atoms with Gasteiger partial charge in [-0.25, -0.2) is 0 Å². The number of fused-ring (bicyclic) bond motifs is 1. The summed E-state index contributed by atoms with van der Waals surface area (Å²) in [4.78, 5) is 12.5. The van der Waals surface area contributed by atoms with Crippen molar-refractivity contribution < 1.29 is 22.1 Å². The molecule has 3 rings (SSSR count). The van der Waals surface area contributed by atoms with Crippen LogP contribution in [0.25, 0.3) is 22.1 Å². The first kappa shape index (κ1) is 15.1. The molecule has 1 heterocycles. The second-order valence-electron chi connectivity index (χ2n) is 4.97. The van der Waals surface area contributed by atoms with Crippen LogP contribution in [0.2, 0.25) is 0 Å². The monoisotopic (exact) mass is 332 g/mol. The minimum Gasteiger partial charge on any atom is -0.508 e. The third-order valence-corrected chi connectivity index (χ3v) is 3.67. The number of rotatable bonds is 3. The third-order valence-electron chi connectivity index (χ3n) is 3.17. The van der Waals surface area contributed by atoms with E-state index in [1.54, 1.807) is 12.1 Å². The van der Waals surface area contributed by atoms with Crippen LogP contribution in [0.4, 0.5) is 0 Å². The van der Waals surface area contributed by atoms with Crippen molar-refractivity contribution in [3.8, 4) is 22.6 Å². The van der Waals surface area contributed by atoms with Gasteiger partial charge in [0.2, 0.25) is 0 Å². The van der Waals surface area contributed by atoms with Gasteiger partial charge in [0.25, 0.3) is 0 Å². The van der Waals surface area contributed by atoms with Crippen molar-refractivity contribution in [1.82, 2.24) is 0 Å². The molecule has 1 N–H and O–H groups in total. The van der Waals surface area contributed by atoms with Gasteiger partial charge in [0.15, 0.2) is 5.43 Å². The van der Waals surface area contributed by atoms with Crippen molar-refractivity contribution in [3.63, 3.8) is 0 Å². The molecule has 2 aromatic carbocycles. The van der Waals surface area contributed by atoms with E-state index in [-0.39, 0.29) is 22.5 Å². The lowest BCUT2D eigenvalue weighted by atomic mass is 10.1. The second kappa shape index (κ2) is 5.44. The molecule has 6 nitrogen and oxygen atoms in total. The lowest BCUT2D eigenvalue weighted by Gasteiger charge is -2.05. The summed E-state index contributed by atoms with van der Waals surface area (Å²) in [6.45, 7) is 0. The van der Waals surface area contributed by atoms with Crippen LogP contribution < -0.4 is 9.61 Å². The quantitative estimate of drug-likeness (QED) is 0.741. The van der Waals surface area contributed by atoms with Gasteiger partial charge in [0.1, 0.15) is 23.3 Å². The van der Waals surface area contributed by atoms with Crippen LogP contribution in [0.1, 0.15) is 0 Å². The zero-order valence-corrected chi connectivity index (χ0v) is 12.8. The first-order valence-electron chi connectivity index (χ1n) is 6.58. The van der Waals surface area contributed by atoms with E-state index in [1.165, 1.54) is 36.6 Å². The highest BCUT2D eigenvalue weighted by Crippen LogP contribution is 2.24. The maximum atomic E-state index is 12.5. The number of benzene rings is 2. The van der Waals surface area contributed by atoms with Crippen LogP contribution in [-0.4, -0.2) is 19.8 Å². The first-order chi connectivity index (χ1) is 10.8. The molecular weight excluding hydrogens is 320 g/mol. The van der Waals surface area contributed by atoms with Gasteiger partial charge in [-0.05, 0) is 29.8 Å². The summed E-state index contributed by atoms with van der Waals surface area (Å²) in [6, 6.07) is 10.3. The van der Waals surface area contributed by atoms with Crippen LogP contribution in [0, 0.1) is 0 Å². The molecule has 0 aliphatic heterocycles. The Morgan fingerprint density at radius 3 is 2.43 bits per heavy atom. The van der Waals surface area contributed by atoms with Crippen molar-refractivity contribution in [2.75, 3.05) is 6.26 Å². The molecule has 0 saturated heterocycles. The molecule has 0 amide bonds. The van der Waals surface area contributed by atoms with Crippen LogP contribution in [0.5, 0.6) is 11.5 Å². The average molecular weight is 332 g/mol. The SMILES string of the molecule is CS(=O)(=O)Oc1ccc2c(=O)c(-c3ccc(O)cc3)coc2c1. The van der Waals surface area contributed by atoms with Gasteiger partial charge in [-0.1, -0.05) is 12.1 Å². The fourth-order valence-electron chi connectivity index (χ4n) is 2.18. The fourth-order valence-corrected chi connectivity index (χ4v) is 2.63. The highest BCUT2D eigenvalue weighted by molar-refractivity contribution is 7.86. The van der Waals surface area contributed by atoms with E-state index in [2.05, 4.69) is 0 Å². The third kappa shape index (κ3) is 3.19. The Balaban J connectivity index is 2.11. The number of hydrogen-bond donors (Lipinski definition) is 1. The van der Waals surface area contributed by atoms with Crippen LogP contribution in [0.3, 0.4) is 0 Å². The van der Waals surface area contributed by atoms with Gasteiger partial charge < -0.3 is 13.7 Å². The topological polar surface area (TPSA) is 93.8 Å². The van der Waals surface area contributed by atoms with Crippen LogP contribution in [-0.2, 0) is 10.1 Å². The molecule has 0 fully saturated rings. The minimum atomic E-state index is -3.65. The lowest BCUT2D eigenvalue weighted by Crippen LogP contribution is -2.07. The molecule has 0 saturated carbocycles. The molecule has 0 radical (unpaired) electrons. The highest BCUT2D eigenvalue weighted by atomic mass is 32.2. The summed E-state index contributed by atoms with van der Waals surface area (Å²) in [6.07, 6.45) is 2.22. The summed E-state index contributed by atoms with van der Waals surface area (Å²) in [5.74, 6) is 0.169. The zero-order valence-electron chi connectivity index (χ0n) is 12.0. The summed E-state index contributed by atoms with van der Waals surface area (Å²) < 4.78 is 32.5. The molecule has 0 spiro atoms. The van der Waals surface area contributed by atoms with Crippen molar-refractivity contribution in [2.45, 2.75) is 0 Å². The molecule has 7 heteroatoms. The molecule has 0 unspecified atom stereocenters. The van der Waals surface area contributed by atoms with E-state index in [4.69, 9.17) is 8.60 Å². The van der Waals surface area contributed by atoms with Gasteiger partial charge in [-0.3, -0.25) is 4.79 Å². The molecule has 118 valence electrons. The molecule has 3 aromatic rings. The van der Waals surface area contributed by atoms with E-state index < -0.39 is 10.1 Å². The molecule has 0 aliphatic rings. The summed E-state index contributed by atoms with van der Waals surface area (Å²) in [5.41, 5.74) is 0.908. The minimum absolute atomic E-state index is 0.0699. The fraction of sp³-hybridized carbons (Fsp3) is 0.0625. The molecule has 0 atom stereocenters. The Labute approximate surface area is 131 Å². The van der Waals surface area contributed by atoms with E-state index in [0.29, 0.717) is 16.5 Å². The molecule has 0 bridgehead atoms. The molecule has 23 heavy (non-hydrogen) atoms. The van der Waals surface area contributed by atoms with Gasteiger partial charge in [-0.2, -0.15) is 8.42 Å². The summed E-state index contributed by atoms with van der Waals surface area (Å²) >= 11 is 0. The normalized spacial score (nSPS) is 11.5. The van der Waals surface area contributed by atoms with Gasteiger partial charge in [0, 0.05) is 6.07 Å². The van der Waals surface area contributed by atoms with Crippen LogP contribution in [0.15, 0.2) is 57.9 Å². The zero-order chi connectivity index (χ0) is 16.6. The maximum absolute atomic E-state index is 12.5. The summed E-state index contributed by atoms with van der Waals surface area (Å²) in [7, 11) is -3.65. The van der Waals surface area contributed by atoms with E-state index in [9.17, 15) is 18.3 Å². The largest absolute Gasteiger partial charge is 0.508 e. The predicted molar refractivity (Wildman–Crippen MR) is 85.1 cm³/mol. The molecule has 1 aromatic heterocycles. The molecule has 0 aliphatic carbocycles. The maximum Gasteiger partial charge on any atom is 0.306 e. The van der Waals surface area contributed by atoms with Crippen molar-refractivity contribution in [2.24, 2.45) is 0 Å². The van der Waals surface area contributed by atoms with Crippen molar-refractivity contribution in [1.29, 1.82) is 0 Å². The number of phenols is 1. The Bertz CT molecular complexity index is 1030. The highest BCUT2D eigenvalue weighted by Gasteiger charge is 2.11. The average Bonchev–Trinajstić information content (AvgIpc) is 2.47. The van der Waals surface area contributed by atoms with E-state index in [1.807, 2.05) is 0 Å². The van der Waals surface area contributed by atoms with Crippen molar-refractivity contribution in [3.05, 3.63) is 59.0 Å². The number of aromatic hydroxyl groups is 1. The lowest BCUT2D eigenvalue weighted by molar-refractivity contribution is 0.475. The smallest absolute Gasteiger partial charge is 0.306 e. The van der Waals surface area contributed by atoms with Gasteiger partial charge >= 0.3 is 10.1 Å². The second-order valence-corrected chi connectivity index (χ2v) is 6.55. The van der Waals surface area contributed by atoms with Gasteiger partial charge in [0.05, 0.1) is 17.2 Å². The summed E-state index contributed by atoms with van der Waals surface area (Å²) in [5, 5.41) is 9.61. The molecular formula is C16H12O6S. The Kier molecular flexibility index (Phi) is 3.57. The van der Waals surface area contributed by atoms with E-state index in [0.717, 1.165) is 6.26 Å². The van der Waals surface area contributed by atoms with Crippen molar-refractivity contribution >= 4 is 21.1 Å². The Morgan fingerprint density at radius 1 is 1.09 bits per heavy atom. The van der Waals surface area contributed by atoms with E-state index >= 15 is 0 Å². The number of hydrogen-bond acceptors (Lipinski definition) is 6. The predicted octanol–water partition coefficient (Wildman–Crippen LogP) is 2.50. The standard InChI is InChI=1S/C16H12O6S/c1-23(19,20)22-12-6-7-13-15(8-12)21-9-14(16(13)18)10-2-4-11(17)5-3-10/h2-9,17H,1H3. The Morgan fingerprint density at radius 2 is 1.78 bits per heavy atom.